The molecule has 1 aromatic rings. The first kappa shape index (κ1) is 13.4. The zero-order chi connectivity index (χ0) is 12.8. The fraction of sp³-hybridized carbons (Fsp3) is 0.182. The summed E-state index contributed by atoms with van der Waals surface area (Å²) in [6.45, 7) is 0. The summed E-state index contributed by atoms with van der Waals surface area (Å²) in [5.41, 5.74) is 0.508. The van der Waals surface area contributed by atoms with Gasteiger partial charge in [0.1, 0.15) is 0 Å². The first-order valence-corrected chi connectivity index (χ1v) is 5.65. The Balaban J connectivity index is 2.84. The second kappa shape index (κ2) is 6.15. The van der Waals surface area contributed by atoms with E-state index in [1.807, 2.05) is 6.07 Å². The number of carbonyl (C=O) groups excluding carboxylic acids is 2. The van der Waals surface area contributed by atoms with E-state index in [0.29, 0.717) is 5.56 Å². The van der Waals surface area contributed by atoms with Crippen LogP contribution in [-0.2, 0) is 0 Å². The predicted octanol–water partition coefficient (Wildman–Crippen LogP) is 1.85. The Morgan fingerprint density at radius 2 is 1.88 bits per heavy atom. The van der Waals surface area contributed by atoms with Crippen LogP contribution in [-0.4, -0.2) is 35.5 Å². The van der Waals surface area contributed by atoms with Crippen LogP contribution in [0.2, 0.25) is 0 Å². The lowest BCUT2D eigenvalue weighted by molar-refractivity contribution is 0.106. The molecule has 17 heavy (non-hydrogen) atoms. The lowest BCUT2D eigenvalue weighted by Gasteiger charge is -2.10. The van der Waals surface area contributed by atoms with Crippen molar-refractivity contribution in [2.75, 3.05) is 14.1 Å². The first-order valence-electron chi connectivity index (χ1n) is 4.85. The lowest BCUT2D eigenvalue weighted by Crippen LogP contribution is -2.32. The molecular weight excluding hydrogens is 286 g/mol. The minimum atomic E-state index is -0.400. The summed E-state index contributed by atoms with van der Waals surface area (Å²) in [4.78, 5) is 23.0. The van der Waals surface area contributed by atoms with Gasteiger partial charge in [-0.3, -0.25) is 4.79 Å². The minimum absolute atomic E-state index is 0.0785. The van der Waals surface area contributed by atoms with Crippen molar-refractivity contribution in [2.45, 2.75) is 0 Å². The molecule has 0 spiro atoms. The van der Waals surface area contributed by atoms with Crippen LogP contribution < -0.4 is 5.32 Å². The number of hydrogen-bond donors (Lipinski definition) is 1. The zero-order valence-corrected chi connectivity index (χ0v) is 11.1. The van der Waals surface area contributed by atoms with Gasteiger partial charge in [-0.2, -0.15) is 5.10 Å². The third kappa shape index (κ3) is 3.67. The van der Waals surface area contributed by atoms with E-state index in [-0.39, 0.29) is 10.4 Å². The standard InChI is InChI=1S/C11H12BrN3O2/c1-13-11(17)15(2)14-10(12)9(16)8-6-4-3-5-7-8/h3-7H,1-2H3,(H,13,17)/b14-10-. The summed E-state index contributed by atoms with van der Waals surface area (Å²) < 4.78 is 0.0785. The number of benzene rings is 1. The molecule has 2 amide bonds. The van der Waals surface area contributed by atoms with Crippen LogP contribution in [0.15, 0.2) is 35.4 Å². The van der Waals surface area contributed by atoms with E-state index in [9.17, 15) is 9.59 Å². The van der Waals surface area contributed by atoms with E-state index in [2.05, 4.69) is 26.3 Å². The number of Topliss-reactive ketones (excluding diaryl/α,β-unsaturated/α-hetero) is 1. The topological polar surface area (TPSA) is 61.8 Å². The van der Waals surface area contributed by atoms with Crippen molar-refractivity contribution in [3.63, 3.8) is 0 Å². The van der Waals surface area contributed by atoms with Gasteiger partial charge in [0.2, 0.25) is 5.78 Å². The smallest absolute Gasteiger partial charge is 0.337 e. The molecule has 0 saturated carbocycles. The number of amides is 2. The molecule has 5 nitrogen and oxygen atoms in total. The van der Waals surface area contributed by atoms with Gasteiger partial charge in [-0.15, -0.1) is 0 Å². The molecule has 0 saturated heterocycles. The largest absolute Gasteiger partial charge is 0.340 e. The number of ketones is 1. The van der Waals surface area contributed by atoms with E-state index in [1.165, 1.54) is 14.1 Å². The van der Waals surface area contributed by atoms with Gasteiger partial charge in [-0.25, -0.2) is 9.80 Å². The number of nitrogens with one attached hydrogen (secondary N) is 1. The SMILES string of the molecule is CNC(=O)N(C)/N=C(\Br)C(=O)c1ccccc1. The molecule has 0 atom stereocenters. The number of rotatable bonds is 3. The average molecular weight is 298 g/mol. The molecule has 0 bridgehead atoms. The molecule has 90 valence electrons. The van der Waals surface area contributed by atoms with Gasteiger partial charge in [0.05, 0.1) is 0 Å². The molecule has 0 heterocycles. The Kier molecular flexibility index (Phi) is 4.84. The van der Waals surface area contributed by atoms with Crippen LogP contribution >= 0.6 is 15.9 Å². The second-order valence-corrected chi connectivity index (χ2v) is 3.92. The van der Waals surface area contributed by atoms with Gasteiger partial charge in [0, 0.05) is 19.7 Å². The summed E-state index contributed by atoms with van der Waals surface area (Å²) in [5.74, 6) is -0.277. The zero-order valence-electron chi connectivity index (χ0n) is 9.48. The summed E-state index contributed by atoms with van der Waals surface area (Å²) in [6, 6.07) is 8.30. The summed E-state index contributed by atoms with van der Waals surface area (Å²) >= 11 is 3.06. The number of urea groups is 1. The normalized spacial score (nSPS) is 10.9. The molecule has 0 aliphatic carbocycles. The van der Waals surface area contributed by atoms with Gasteiger partial charge in [0.25, 0.3) is 0 Å². The molecule has 1 N–H and O–H groups in total. The van der Waals surface area contributed by atoms with Crippen LogP contribution in [0.25, 0.3) is 0 Å². The molecular formula is C11H12BrN3O2. The van der Waals surface area contributed by atoms with Crippen LogP contribution in [0.4, 0.5) is 4.79 Å². The average Bonchev–Trinajstić information content (AvgIpc) is 2.37. The highest BCUT2D eigenvalue weighted by Crippen LogP contribution is 2.06. The number of hydrogen-bond acceptors (Lipinski definition) is 3. The molecule has 0 unspecified atom stereocenters. The van der Waals surface area contributed by atoms with Crippen LogP contribution in [0.1, 0.15) is 10.4 Å². The Hall–Kier alpha value is -1.69. The number of nitrogens with zero attached hydrogens (tertiary/aromatic N) is 2. The van der Waals surface area contributed by atoms with Gasteiger partial charge in [-0.1, -0.05) is 30.3 Å². The Labute approximate surface area is 108 Å². The Morgan fingerprint density at radius 1 is 1.29 bits per heavy atom. The van der Waals surface area contributed by atoms with E-state index >= 15 is 0 Å². The number of hydrazone groups is 1. The quantitative estimate of drug-likeness (QED) is 0.526. The van der Waals surface area contributed by atoms with Crippen molar-refractivity contribution in [2.24, 2.45) is 5.10 Å². The van der Waals surface area contributed by atoms with Crippen molar-refractivity contribution in [3.8, 4) is 0 Å². The molecule has 6 heteroatoms. The highest BCUT2D eigenvalue weighted by atomic mass is 79.9. The second-order valence-electron chi connectivity index (χ2n) is 3.16. The van der Waals surface area contributed by atoms with Crippen LogP contribution in [0.3, 0.4) is 0 Å². The maximum atomic E-state index is 11.9. The molecule has 0 fully saturated rings. The third-order valence-electron chi connectivity index (χ3n) is 1.97. The highest BCUT2D eigenvalue weighted by Gasteiger charge is 2.13. The van der Waals surface area contributed by atoms with E-state index in [4.69, 9.17) is 0 Å². The molecule has 1 rings (SSSR count). The van der Waals surface area contributed by atoms with Gasteiger partial charge >= 0.3 is 6.03 Å². The number of carbonyl (C=O) groups is 2. The predicted molar refractivity (Wildman–Crippen MR) is 69.4 cm³/mol. The molecule has 0 aliphatic heterocycles. The maximum Gasteiger partial charge on any atom is 0.337 e. The molecule has 0 aliphatic rings. The maximum absolute atomic E-state index is 11.9. The monoisotopic (exact) mass is 297 g/mol. The van der Waals surface area contributed by atoms with E-state index < -0.39 is 6.03 Å². The number of halogens is 1. The minimum Gasteiger partial charge on any atom is -0.340 e. The molecule has 0 aromatic heterocycles. The van der Waals surface area contributed by atoms with Gasteiger partial charge in [0.15, 0.2) is 4.62 Å². The Bertz CT molecular complexity index is 445. The highest BCUT2D eigenvalue weighted by molar-refractivity contribution is 9.19. The lowest BCUT2D eigenvalue weighted by atomic mass is 10.1. The van der Waals surface area contributed by atoms with E-state index in [0.717, 1.165) is 5.01 Å². The van der Waals surface area contributed by atoms with Crippen LogP contribution in [0, 0.1) is 0 Å². The van der Waals surface area contributed by atoms with Crippen LogP contribution in [0.5, 0.6) is 0 Å². The fourth-order valence-corrected chi connectivity index (χ4v) is 1.56. The van der Waals surface area contributed by atoms with Gasteiger partial charge < -0.3 is 5.32 Å². The van der Waals surface area contributed by atoms with E-state index in [1.54, 1.807) is 24.3 Å². The van der Waals surface area contributed by atoms with Crippen molar-refractivity contribution < 1.29 is 9.59 Å². The molecule has 0 radical (unpaired) electrons. The van der Waals surface area contributed by atoms with Crippen molar-refractivity contribution in [1.82, 2.24) is 10.3 Å². The Morgan fingerprint density at radius 3 is 2.41 bits per heavy atom. The summed E-state index contributed by atoms with van der Waals surface area (Å²) in [5, 5.41) is 7.27. The van der Waals surface area contributed by atoms with Crippen molar-refractivity contribution in [3.05, 3.63) is 35.9 Å². The first-order chi connectivity index (χ1) is 8.06. The molecule has 1 aromatic carbocycles. The summed E-state index contributed by atoms with van der Waals surface area (Å²) in [7, 11) is 2.94. The fourth-order valence-electron chi connectivity index (χ4n) is 1.09. The van der Waals surface area contributed by atoms with Crippen molar-refractivity contribution >= 4 is 32.4 Å². The third-order valence-corrected chi connectivity index (χ3v) is 2.49. The summed E-state index contributed by atoms with van der Waals surface area (Å²) in [6.07, 6.45) is 0. The van der Waals surface area contributed by atoms with Gasteiger partial charge in [-0.05, 0) is 15.9 Å². The van der Waals surface area contributed by atoms with Crippen molar-refractivity contribution in [1.29, 1.82) is 0 Å².